The zero-order valence-corrected chi connectivity index (χ0v) is 10.2. The molecule has 0 bridgehead atoms. The molecule has 0 aliphatic carbocycles. The first kappa shape index (κ1) is 11.0. The van der Waals surface area contributed by atoms with Crippen LogP contribution in [0.3, 0.4) is 0 Å². The Labute approximate surface area is 104 Å². The van der Waals surface area contributed by atoms with Crippen molar-refractivity contribution in [2.75, 3.05) is 6.61 Å². The van der Waals surface area contributed by atoms with E-state index in [4.69, 9.17) is 4.74 Å². The number of esters is 1. The molecule has 0 amide bonds. The Hall–Kier alpha value is -2.11. The van der Waals surface area contributed by atoms with Crippen molar-refractivity contribution in [1.82, 2.24) is 19.6 Å². The van der Waals surface area contributed by atoms with Crippen molar-refractivity contribution in [3.8, 4) is 11.4 Å². The van der Waals surface area contributed by atoms with Crippen LogP contribution in [0.25, 0.3) is 11.4 Å². The lowest BCUT2D eigenvalue weighted by atomic mass is 10.3. The molecule has 0 aromatic carbocycles. The number of aromatic nitrogens is 4. The Morgan fingerprint density at radius 3 is 3.06 bits per heavy atom. The lowest BCUT2D eigenvalue weighted by Gasteiger charge is -2.00. The fraction of sp³-hybridized carbons (Fsp3) is 0.417. The van der Waals surface area contributed by atoms with Crippen molar-refractivity contribution >= 4 is 5.97 Å². The third-order valence-electron chi connectivity index (χ3n) is 2.98. The maximum absolute atomic E-state index is 11.7. The second kappa shape index (κ2) is 4.29. The van der Waals surface area contributed by atoms with E-state index in [1.165, 1.54) is 0 Å². The number of hydrogen-bond donors (Lipinski definition) is 0. The molecule has 0 unspecified atom stereocenters. The van der Waals surface area contributed by atoms with Gasteiger partial charge < -0.3 is 4.74 Å². The van der Waals surface area contributed by atoms with Crippen LogP contribution < -0.4 is 0 Å². The van der Waals surface area contributed by atoms with Crippen LogP contribution >= 0.6 is 0 Å². The van der Waals surface area contributed by atoms with Crippen LogP contribution in [0.4, 0.5) is 0 Å². The van der Waals surface area contributed by atoms with Gasteiger partial charge in [-0.3, -0.25) is 9.36 Å². The van der Waals surface area contributed by atoms with Crippen molar-refractivity contribution < 1.29 is 9.53 Å². The number of hydrogen-bond acceptors (Lipinski definition) is 4. The van der Waals surface area contributed by atoms with Crippen LogP contribution in [-0.4, -0.2) is 32.1 Å². The Morgan fingerprint density at radius 1 is 1.39 bits per heavy atom. The average Bonchev–Trinajstić information content (AvgIpc) is 2.94. The third kappa shape index (κ3) is 1.70. The standard InChI is InChI=1S/C12H14N4O2/c1-2-18-12(17)9-8-11-10-4-5-13-15(10)6-3-7-16(11)14-9/h4-5,8H,2-3,6-7H2,1H3. The van der Waals surface area contributed by atoms with Crippen molar-refractivity contribution in [3.63, 3.8) is 0 Å². The monoisotopic (exact) mass is 246 g/mol. The van der Waals surface area contributed by atoms with E-state index in [-0.39, 0.29) is 5.97 Å². The van der Waals surface area contributed by atoms with Gasteiger partial charge in [-0.15, -0.1) is 0 Å². The molecule has 3 rings (SSSR count). The number of rotatable bonds is 2. The van der Waals surface area contributed by atoms with E-state index in [2.05, 4.69) is 10.2 Å². The van der Waals surface area contributed by atoms with E-state index in [0.717, 1.165) is 30.9 Å². The Morgan fingerprint density at radius 2 is 2.22 bits per heavy atom. The van der Waals surface area contributed by atoms with Crippen LogP contribution in [0, 0.1) is 0 Å². The normalized spacial score (nSPS) is 13.6. The number of nitrogens with zero attached hydrogens (tertiary/aromatic N) is 4. The number of carbonyl (C=O) groups is 1. The highest BCUT2D eigenvalue weighted by atomic mass is 16.5. The van der Waals surface area contributed by atoms with Crippen LogP contribution in [-0.2, 0) is 17.8 Å². The lowest BCUT2D eigenvalue weighted by Crippen LogP contribution is -2.07. The Bertz CT molecular complexity index is 585. The number of aryl methyl sites for hydroxylation is 2. The summed E-state index contributed by atoms with van der Waals surface area (Å²) in [7, 11) is 0. The second-order valence-corrected chi connectivity index (χ2v) is 4.15. The number of carbonyl (C=O) groups excluding carboxylic acids is 1. The predicted molar refractivity (Wildman–Crippen MR) is 64.0 cm³/mol. The summed E-state index contributed by atoms with van der Waals surface area (Å²) in [5.41, 5.74) is 2.28. The molecule has 0 fully saturated rings. The zero-order valence-electron chi connectivity index (χ0n) is 10.2. The van der Waals surface area contributed by atoms with Gasteiger partial charge in [-0.2, -0.15) is 10.2 Å². The molecule has 2 aromatic rings. The molecular weight excluding hydrogens is 232 g/mol. The molecule has 1 aliphatic rings. The SMILES string of the molecule is CCOC(=O)c1cc2n(n1)CCCn1nccc1-2. The third-order valence-corrected chi connectivity index (χ3v) is 2.98. The van der Waals surface area contributed by atoms with Crippen LogP contribution in [0.5, 0.6) is 0 Å². The van der Waals surface area contributed by atoms with E-state index >= 15 is 0 Å². The summed E-state index contributed by atoms with van der Waals surface area (Å²) in [4.78, 5) is 11.7. The second-order valence-electron chi connectivity index (χ2n) is 4.15. The summed E-state index contributed by atoms with van der Waals surface area (Å²) < 4.78 is 8.76. The van der Waals surface area contributed by atoms with Gasteiger partial charge in [0.25, 0.3) is 0 Å². The fourth-order valence-electron chi connectivity index (χ4n) is 2.20. The van der Waals surface area contributed by atoms with Crippen LogP contribution in [0.15, 0.2) is 18.3 Å². The summed E-state index contributed by atoms with van der Waals surface area (Å²) >= 11 is 0. The highest BCUT2D eigenvalue weighted by molar-refractivity contribution is 5.88. The largest absolute Gasteiger partial charge is 0.461 e. The fourth-order valence-corrected chi connectivity index (χ4v) is 2.20. The van der Waals surface area contributed by atoms with Crippen molar-refractivity contribution in [2.45, 2.75) is 26.4 Å². The van der Waals surface area contributed by atoms with E-state index < -0.39 is 0 Å². The van der Waals surface area contributed by atoms with E-state index in [0.29, 0.717) is 12.3 Å². The van der Waals surface area contributed by atoms with Crippen molar-refractivity contribution in [2.24, 2.45) is 0 Å². The van der Waals surface area contributed by atoms with E-state index in [9.17, 15) is 4.79 Å². The summed E-state index contributed by atoms with van der Waals surface area (Å²) in [6.45, 7) is 3.81. The maximum atomic E-state index is 11.7. The molecule has 0 N–H and O–H groups in total. The molecule has 1 aliphatic heterocycles. The van der Waals surface area contributed by atoms with Gasteiger partial charge in [0.2, 0.25) is 0 Å². The minimum Gasteiger partial charge on any atom is -0.461 e. The van der Waals surface area contributed by atoms with Crippen LogP contribution in [0.2, 0.25) is 0 Å². The molecule has 0 saturated heterocycles. The highest BCUT2D eigenvalue weighted by Crippen LogP contribution is 2.24. The molecule has 0 atom stereocenters. The molecule has 94 valence electrons. The molecule has 0 spiro atoms. The summed E-state index contributed by atoms with van der Waals surface area (Å²) in [6, 6.07) is 3.71. The van der Waals surface area contributed by atoms with Crippen LogP contribution in [0.1, 0.15) is 23.8 Å². The maximum Gasteiger partial charge on any atom is 0.358 e. The van der Waals surface area contributed by atoms with E-state index in [1.54, 1.807) is 19.2 Å². The highest BCUT2D eigenvalue weighted by Gasteiger charge is 2.20. The minimum atomic E-state index is -0.371. The number of fused-ring (bicyclic) bond motifs is 3. The molecule has 6 nitrogen and oxygen atoms in total. The molecule has 0 radical (unpaired) electrons. The molecule has 6 heteroatoms. The van der Waals surface area contributed by atoms with Gasteiger partial charge in [0, 0.05) is 25.4 Å². The first-order valence-electron chi connectivity index (χ1n) is 6.06. The van der Waals surface area contributed by atoms with Crippen molar-refractivity contribution in [1.29, 1.82) is 0 Å². The quantitative estimate of drug-likeness (QED) is 0.750. The zero-order chi connectivity index (χ0) is 12.5. The van der Waals surface area contributed by atoms with Gasteiger partial charge in [0.15, 0.2) is 5.69 Å². The first-order chi connectivity index (χ1) is 8.79. The van der Waals surface area contributed by atoms with Gasteiger partial charge in [0.05, 0.1) is 18.0 Å². The molecular formula is C12H14N4O2. The lowest BCUT2D eigenvalue weighted by molar-refractivity contribution is 0.0518. The summed E-state index contributed by atoms with van der Waals surface area (Å²) in [5, 5.41) is 8.57. The smallest absolute Gasteiger partial charge is 0.358 e. The average molecular weight is 246 g/mol. The van der Waals surface area contributed by atoms with Gasteiger partial charge >= 0.3 is 5.97 Å². The minimum absolute atomic E-state index is 0.360. The van der Waals surface area contributed by atoms with Gasteiger partial charge in [0.1, 0.15) is 0 Å². The predicted octanol–water partition coefficient (Wildman–Crippen LogP) is 1.33. The Balaban J connectivity index is 2.04. The summed E-state index contributed by atoms with van der Waals surface area (Å²) in [6.07, 6.45) is 2.72. The van der Waals surface area contributed by atoms with Gasteiger partial charge in [-0.25, -0.2) is 4.79 Å². The topological polar surface area (TPSA) is 61.9 Å². The van der Waals surface area contributed by atoms with Crippen molar-refractivity contribution in [3.05, 3.63) is 24.0 Å². The Kier molecular flexibility index (Phi) is 2.62. The van der Waals surface area contributed by atoms with Gasteiger partial charge in [-0.05, 0) is 19.4 Å². The molecule has 0 saturated carbocycles. The van der Waals surface area contributed by atoms with E-state index in [1.807, 2.05) is 15.4 Å². The number of ether oxygens (including phenoxy) is 1. The first-order valence-corrected chi connectivity index (χ1v) is 6.06. The molecule has 18 heavy (non-hydrogen) atoms. The molecule has 3 heterocycles. The molecule has 2 aromatic heterocycles. The van der Waals surface area contributed by atoms with Gasteiger partial charge in [-0.1, -0.05) is 0 Å². The summed E-state index contributed by atoms with van der Waals surface area (Å²) in [5.74, 6) is -0.371.